The fourth-order valence-corrected chi connectivity index (χ4v) is 2.09. The summed E-state index contributed by atoms with van der Waals surface area (Å²) < 4.78 is 1.20. The van der Waals surface area contributed by atoms with E-state index in [1.807, 2.05) is 0 Å². The Morgan fingerprint density at radius 2 is 1.94 bits per heavy atom. The van der Waals surface area contributed by atoms with Gasteiger partial charge >= 0.3 is 0 Å². The monoisotopic (exact) mass is 283 g/mol. The first kappa shape index (κ1) is 13.7. The van der Waals surface area contributed by atoms with Crippen LogP contribution in [0.2, 0.25) is 0 Å². The van der Waals surface area contributed by atoms with Gasteiger partial charge in [-0.15, -0.1) is 0 Å². The van der Waals surface area contributed by atoms with Gasteiger partial charge in [0.1, 0.15) is 0 Å². The van der Waals surface area contributed by atoms with Crippen LogP contribution in [0.15, 0.2) is 28.7 Å². The van der Waals surface area contributed by atoms with Gasteiger partial charge in [0.15, 0.2) is 0 Å². The van der Waals surface area contributed by atoms with E-state index in [2.05, 4.69) is 59.4 Å². The third-order valence-corrected chi connectivity index (χ3v) is 3.43. The van der Waals surface area contributed by atoms with Crippen LogP contribution in [0.1, 0.15) is 38.7 Å². The molecule has 0 radical (unpaired) electrons. The van der Waals surface area contributed by atoms with E-state index in [0.717, 1.165) is 19.0 Å². The third-order valence-electron chi connectivity index (χ3n) is 2.66. The fraction of sp³-hybridized carbons (Fsp3) is 0.571. The van der Waals surface area contributed by atoms with Gasteiger partial charge in [-0.3, -0.25) is 0 Å². The van der Waals surface area contributed by atoms with Crippen LogP contribution in [0.25, 0.3) is 0 Å². The van der Waals surface area contributed by atoms with Gasteiger partial charge in [-0.1, -0.05) is 60.8 Å². The predicted molar refractivity (Wildman–Crippen MR) is 74.5 cm³/mol. The molecule has 1 rings (SSSR count). The van der Waals surface area contributed by atoms with Crippen molar-refractivity contribution in [3.63, 3.8) is 0 Å². The maximum Gasteiger partial charge on any atom is 0.0220 e. The molecule has 0 fully saturated rings. The van der Waals surface area contributed by atoms with E-state index in [1.54, 1.807) is 0 Å². The molecule has 2 heteroatoms. The molecule has 0 amide bonds. The highest BCUT2D eigenvalue weighted by atomic mass is 79.9. The first-order valence-corrected chi connectivity index (χ1v) is 6.93. The number of nitrogens with one attached hydrogen (secondary N) is 1. The number of benzene rings is 1. The SMILES string of the molecule is CC(C)CCCCNCc1ccccc1Br. The number of hydrogen-bond donors (Lipinski definition) is 1. The van der Waals surface area contributed by atoms with Crippen LogP contribution in [0.3, 0.4) is 0 Å². The minimum atomic E-state index is 0.836. The molecule has 0 bridgehead atoms. The van der Waals surface area contributed by atoms with E-state index < -0.39 is 0 Å². The van der Waals surface area contributed by atoms with Crippen LogP contribution in [0, 0.1) is 5.92 Å². The van der Waals surface area contributed by atoms with Crippen molar-refractivity contribution in [2.75, 3.05) is 6.54 Å². The molecule has 0 heterocycles. The lowest BCUT2D eigenvalue weighted by atomic mass is 10.1. The topological polar surface area (TPSA) is 12.0 Å². The highest BCUT2D eigenvalue weighted by molar-refractivity contribution is 9.10. The van der Waals surface area contributed by atoms with E-state index in [9.17, 15) is 0 Å². The van der Waals surface area contributed by atoms with E-state index in [-0.39, 0.29) is 0 Å². The molecule has 0 saturated heterocycles. The minimum Gasteiger partial charge on any atom is -0.313 e. The molecule has 1 aromatic carbocycles. The van der Waals surface area contributed by atoms with Crippen molar-refractivity contribution in [3.8, 4) is 0 Å². The molecule has 0 aliphatic carbocycles. The summed E-state index contributed by atoms with van der Waals surface area (Å²) >= 11 is 3.56. The standard InChI is InChI=1S/C14H22BrN/c1-12(2)7-5-6-10-16-11-13-8-3-4-9-14(13)15/h3-4,8-9,12,16H,5-7,10-11H2,1-2H3. The lowest BCUT2D eigenvalue weighted by Gasteiger charge is -2.07. The summed E-state index contributed by atoms with van der Waals surface area (Å²) in [5, 5.41) is 3.49. The maximum atomic E-state index is 3.56. The molecule has 90 valence electrons. The van der Waals surface area contributed by atoms with Crippen LogP contribution in [0.5, 0.6) is 0 Å². The van der Waals surface area contributed by atoms with Crippen molar-refractivity contribution < 1.29 is 0 Å². The molecule has 0 saturated carbocycles. The van der Waals surface area contributed by atoms with Gasteiger partial charge in [-0.25, -0.2) is 0 Å². The van der Waals surface area contributed by atoms with Crippen molar-refractivity contribution in [1.82, 2.24) is 5.32 Å². The Bertz CT molecular complexity index is 297. The van der Waals surface area contributed by atoms with E-state index in [4.69, 9.17) is 0 Å². The molecule has 0 aromatic heterocycles. The average Bonchev–Trinajstić information content (AvgIpc) is 2.25. The van der Waals surface area contributed by atoms with Gasteiger partial charge in [0, 0.05) is 11.0 Å². The van der Waals surface area contributed by atoms with Gasteiger partial charge < -0.3 is 5.32 Å². The summed E-state index contributed by atoms with van der Waals surface area (Å²) in [6.45, 7) is 6.65. The van der Waals surface area contributed by atoms with Crippen molar-refractivity contribution in [1.29, 1.82) is 0 Å². The summed E-state index contributed by atoms with van der Waals surface area (Å²) in [7, 11) is 0. The van der Waals surface area contributed by atoms with Crippen molar-refractivity contribution in [2.45, 2.75) is 39.7 Å². The zero-order chi connectivity index (χ0) is 11.8. The molecular formula is C14H22BrN. The summed E-state index contributed by atoms with van der Waals surface area (Å²) in [6.07, 6.45) is 3.96. The van der Waals surface area contributed by atoms with Crippen LogP contribution in [0.4, 0.5) is 0 Å². The second kappa shape index (κ2) is 7.86. The van der Waals surface area contributed by atoms with Crippen LogP contribution in [-0.4, -0.2) is 6.54 Å². The van der Waals surface area contributed by atoms with Crippen LogP contribution in [-0.2, 0) is 6.54 Å². The lowest BCUT2D eigenvalue weighted by molar-refractivity contribution is 0.520. The smallest absolute Gasteiger partial charge is 0.0220 e. The fourth-order valence-electron chi connectivity index (χ4n) is 1.67. The summed E-state index contributed by atoms with van der Waals surface area (Å²) in [4.78, 5) is 0. The Morgan fingerprint density at radius 1 is 1.19 bits per heavy atom. The van der Waals surface area contributed by atoms with Gasteiger partial charge in [-0.2, -0.15) is 0 Å². The molecule has 1 nitrogen and oxygen atoms in total. The van der Waals surface area contributed by atoms with Crippen LogP contribution >= 0.6 is 15.9 Å². The number of hydrogen-bond acceptors (Lipinski definition) is 1. The number of rotatable bonds is 7. The predicted octanol–water partition coefficient (Wildman–Crippen LogP) is 4.37. The Labute approximate surface area is 108 Å². The Hall–Kier alpha value is -0.340. The lowest BCUT2D eigenvalue weighted by Crippen LogP contribution is -2.15. The van der Waals surface area contributed by atoms with Gasteiger partial charge in [0.25, 0.3) is 0 Å². The van der Waals surface area contributed by atoms with Crippen molar-refractivity contribution >= 4 is 15.9 Å². The second-order valence-corrected chi connectivity index (χ2v) is 5.51. The molecule has 16 heavy (non-hydrogen) atoms. The molecule has 0 unspecified atom stereocenters. The molecule has 0 atom stereocenters. The Kier molecular flexibility index (Phi) is 6.74. The molecular weight excluding hydrogens is 262 g/mol. The third kappa shape index (κ3) is 5.66. The van der Waals surface area contributed by atoms with Crippen molar-refractivity contribution in [2.24, 2.45) is 5.92 Å². The van der Waals surface area contributed by atoms with E-state index in [0.29, 0.717) is 0 Å². The molecule has 0 spiro atoms. The van der Waals surface area contributed by atoms with Gasteiger partial charge in [0.2, 0.25) is 0 Å². The maximum absolute atomic E-state index is 3.56. The van der Waals surface area contributed by atoms with Crippen molar-refractivity contribution in [3.05, 3.63) is 34.3 Å². The summed E-state index contributed by atoms with van der Waals surface area (Å²) in [5.41, 5.74) is 1.34. The quantitative estimate of drug-likeness (QED) is 0.733. The highest BCUT2D eigenvalue weighted by Gasteiger charge is 1.97. The molecule has 0 aliphatic heterocycles. The molecule has 1 aromatic rings. The number of unbranched alkanes of at least 4 members (excludes halogenated alkanes) is 1. The summed E-state index contributed by atoms with van der Waals surface area (Å²) in [5.74, 6) is 0.836. The average molecular weight is 284 g/mol. The first-order valence-electron chi connectivity index (χ1n) is 6.14. The van der Waals surface area contributed by atoms with E-state index >= 15 is 0 Å². The zero-order valence-corrected chi connectivity index (χ0v) is 11.9. The van der Waals surface area contributed by atoms with E-state index in [1.165, 1.54) is 29.3 Å². The normalized spacial score (nSPS) is 11.0. The Balaban J connectivity index is 2.10. The zero-order valence-electron chi connectivity index (χ0n) is 10.3. The molecule has 1 N–H and O–H groups in total. The number of halogens is 1. The van der Waals surface area contributed by atoms with Crippen LogP contribution < -0.4 is 5.32 Å². The first-order chi connectivity index (χ1) is 7.70. The van der Waals surface area contributed by atoms with Gasteiger partial charge in [0.05, 0.1) is 0 Å². The molecule has 0 aliphatic rings. The minimum absolute atomic E-state index is 0.836. The Morgan fingerprint density at radius 3 is 2.62 bits per heavy atom. The largest absolute Gasteiger partial charge is 0.313 e. The van der Waals surface area contributed by atoms with Gasteiger partial charge in [-0.05, 0) is 30.5 Å². The highest BCUT2D eigenvalue weighted by Crippen LogP contribution is 2.15. The second-order valence-electron chi connectivity index (χ2n) is 4.66. The summed E-state index contributed by atoms with van der Waals surface area (Å²) in [6, 6.07) is 8.39.